The maximum Gasteiger partial charge on any atom is 0.336 e. The quantitative estimate of drug-likeness (QED) is 0.603. The summed E-state index contributed by atoms with van der Waals surface area (Å²) in [5.41, 5.74) is 3.34. The molecule has 0 amide bonds. The normalized spacial score (nSPS) is 13.8. The molecule has 0 saturated heterocycles. The zero-order valence-electron chi connectivity index (χ0n) is 18.6. The minimum absolute atomic E-state index is 0.0568. The van der Waals surface area contributed by atoms with Crippen LogP contribution in [-0.4, -0.2) is 44.3 Å². The van der Waals surface area contributed by atoms with Crippen LogP contribution in [0.25, 0.3) is 12.2 Å². The Morgan fingerprint density at radius 1 is 0.844 bits per heavy atom. The molecule has 0 saturated carbocycles. The predicted molar refractivity (Wildman–Crippen MR) is 131 cm³/mol. The first kappa shape index (κ1) is 21.6. The predicted octanol–water partition coefficient (Wildman–Crippen LogP) is 1.94. The van der Waals surface area contributed by atoms with Gasteiger partial charge < -0.3 is 15.1 Å². The van der Waals surface area contributed by atoms with E-state index in [9.17, 15) is 19.8 Å². The van der Waals surface area contributed by atoms with E-state index in [-0.39, 0.29) is 11.1 Å². The first-order valence-corrected chi connectivity index (χ1v) is 13.3. The third-order valence-electron chi connectivity index (χ3n) is 6.26. The fourth-order valence-corrected chi connectivity index (χ4v) is 7.63. The fraction of sp³-hybridized carbons (Fsp3) is 0.154. The molecule has 0 atom stereocenters. The lowest BCUT2D eigenvalue weighted by Gasteiger charge is -2.34. The largest absolute Gasteiger partial charge is 0.478 e. The summed E-state index contributed by atoms with van der Waals surface area (Å²) in [6, 6.07) is 16.4. The van der Waals surface area contributed by atoms with Crippen molar-refractivity contribution in [3.63, 3.8) is 0 Å². The first-order valence-electron chi connectivity index (χ1n) is 10.3. The molecule has 0 spiro atoms. The Kier molecular flexibility index (Phi) is 5.05. The van der Waals surface area contributed by atoms with Crippen molar-refractivity contribution in [2.45, 2.75) is 13.1 Å². The van der Waals surface area contributed by atoms with Crippen molar-refractivity contribution >= 4 is 48.2 Å². The van der Waals surface area contributed by atoms with Crippen molar-refractivity contribution in [2.75, 3.05) is 19.0 Å². The number of nitrogens with zero attached hydrogens (tertiary/aromatic N) is 1. The molecule has 1 heterocycles. The Bertz CT molecular complexity index is 1410. The number of aromatic carboxylic acids is 2. The van der Waals surface area contributed by atoms with Gasteiger partial charge in [0.25, 0.3) is 0 Å². The molecule has 0 unspecified atom stereocenters. The SMILES string of the molecule is C=c1ccc2c(c1)[Si](C)(C)c1cc(N(C)C)ccc1C=2c1cc(C(=O)O)ccc1C(=O)O. The summed E-state index contributed by atoms with van der Waals surface area (Å²) in [5.74, 6) is -2.18. The van der Waals surface area contributed by atoms with Gasteiger partial charge in [0, 0.05) is 19.8 Å². The average Bonchev–Trinajstić information content (AvgIpc) is 2.73. The van der Waals surface area contributed by atoms with Crippen molar-refractivity contribution in [1.29, 1.82) is 0 Å². The van der Waals surface area contributed by atoms with E-state index >= 15 is 0 Å². The van der Waals surface area contributed by atoms with E-state index in [2.05, 4.69) is 31.8 Å². The number of carboxylic acid groups (broad SMARTS) is 2. The van der Waals surface area contributed by atoms with Crippen LogP contribution in [0.5, 0.6) is 0 Å². The van der Waals surface area contributed by atoms with E-state index in [0.717, 1.165) is 27.3 Å². The topological polar surface area (TPSA) is 77.8 Å². The molecule has 162 valence electrons. The molecule has 2 N–H and O–H groups in total. The highest BCUT2D eigenvalue weighted by Gasteiger charge is 2.36. The lowest BCUT2D eigenvalue weighted by molar-refractivity contribution is 0.0681. The third kappa shape index (κ3) is 3.33. The van der Waals surface area contributed by atoms with Gasteiger partial charge in [0.05, 0.1) is 11.1 Å². The lowest BCUT2D eigenvalue weighted by atomic mass is 9.89. The number of hydrogen-bond donors (Lipinski definition) is 2. The van der Waals surface area contributed by atoms with Crippen LogP contribution in [0.3, 0.4) is 0 Å². The van der Waals surface area contributed by atoms with Crippen LogP contribution >= 0.6 is 0 Å². The summed E-state index contributed by atoms with van der Waals surface area (Å²) in [6.45, 7) is 8.68. The van der Waals surface area contributed by atoms with Gasteiger partial charge in [-0.05, 0) is 67.8 Å². The molecule has 0 aliphatic carbocycles. The van der Waals surface area contributed by atoms with Crippen LogP contribution in [0.2, 0.25) is 13.1 Å². The molecule has 32 heavy (non-hydrogen) atoms. The molecule has 5 nitrogen and oxygen atoms in total. The van der Waals surface area contributed by atoms with Crippen LogP contribution in [0.4, 0.5) is 5.69 Å². The Hall–Kier alpha value is -3.64. The van der Waals surface area contributed by atoms with E-state index < -0.39 is 20.0 Å². The highest BCUT2D eigenvalue weighted by molar-refractivity contribution is 7.01. The fourth-order valence-electron chi connectivity index (χ4n) is 4.52. The first-order chi connectivity index (χ1) is 15.0. The number of carboxylic acids is 2. The van der Waals surface area contributed by atoms with E-state index in [1.54, 1.807) is 0 Å². The van der Waals surface area contributed by atoms with Gasteiger partial charge >= 0.3 is 11.9 Å². The third-order valence-corrected chi connectivity index (χ3v) is 9.78. The average molecular weight is 444 g/mol. The van der Waals surface area contributed by atoms with Gasteiger partial charge in [0.2, 0.25) is 0 Å². The summed E-state index contributed by atoms with van der Waals surface area (Å²) in [7, 11) is 1.84. The van der Waals surface area contributed by atoms with E-state index in [1.165, 1.54) is 28.6 Å². The Morgan fingerprint density at radius 3 is 2.19 bits per heavy atom. The van der Waals surface area contributed by atoms with Crippen molar-refractivity contribution in [1.82, 2.24) is 0 Å². The molecule has 0 radical (unpaired) electrons. The van der Waals surface area contributed by atoms with Crippen LogP contribution in [-0.2, 0) is 0 Å². The summed E-state index contributed by atoms with van der Waals surface area (Å²) >= 11 is 0. The van der Waals surface area contributed by atoms with E-state index in [0.29, 0.717) is 5.56 Å². The molecule has 0 fully saturated rings. The van der Waals surface area contributed by atoms with Crippen LogP contribution < -0.4 is 25.7 Å². The Balaban J connectivity index is 2.22. The van der Waals surface area contributed by atoms with Crippen molar-refractivity contribution in [3.8, 4) is 0 Å². The number of benzene rings is 3. The standard InChI is InChI=1S/C26H25NO4Si/c1-15-6-9-19-22(12-15)32(4,5)23-14-17(27(2)3)8-11-20(23)24(19)21-13-16(25(28)29)7-10-18(21)26(30)31/h6-14H,1H2,2-5H3,(H,28,29)(H,30,31). The summed E-state index contributed by atoms with van der Waals surface area (Å²) in [5, 5.41) is 23.7. The minimum Gasteiger partial charge on any atom is -0.478 e. The summed E-state index contributed by atoms with van der Waals surface area (Å²) < 4.78 is 0. The van der Waals surface area contributed by atoms with Gasteiger partial charge in [-0.1, -0.05) is 43.9 Å². The number of rotatable bonds is 4. The van der Waals surface area contributed by atoms with Crippen LogP contribution in [0.1, 0.15) is 31.8 Å². The molecule has 0 bridgehead atoms. The molecule has 6 heteroatoms. The van der Waals surface area contributed by atoms with Gasteiger partial charge in [0.1, 0.15) is 8.07 Å². The minimum atomic E-state index is -2.15. The number of carbonyl (C=O) groups is 2. The second-order valence-corrected chi connectivity index (χ2v) is 13.2. The second-order valence-electron chi connectivity index (χ2n) is 8.87. The van der Waals surface area contributed by atoms with Gasteiger partial charge in [0.15, 0.2) is 0 Å². The van der Waals surface area contributed by atoms with Crippen LogP contribution in [0, 0.1) is 0 Å². The van der Waals surface area contributed by atoms with Gasteiger partial charge in [-0.3, -0.25) is 0 Å². The van der Waals surface area contributed by atoms with E-state index in [1.807, 2.05) is 43.3 Å². The Morgan fingerprint density at radius 2 is 1.56 bits per heavy atom. The van der Waals surface area contributed by atoms with Gasteiger partial charge in [-0.15, -0.1) is 0 Å². The summed E-state index contributed by atoms with van der Waals surface area (Å²) in [4.78, 5) is 25.9. The van der Waals surface area contributed by atoms with E-state index in [4.69, 9.17) is 0 Å². The smallest absolute Gasteiger partial charge is 0.336 e. The number of fused-ring (bicyclic) bond motifs is 2. The highest BCUT2D eigenvalue weighted by Crippen LogP contribution is 2.29. The molecule has 1 aliphatic heterocycles. The highest BCUT2D eigenvalue weighted by atomic mass is 28.3. The molecule has 4 rings (SSSR count). The van der Waals surface area contributed by atoms with Crippen molar-refractivity contribution in [2.24, 2.45) is 0 Å². The Labute approximate surface area is 187 Å². The number of anilines is 1. The number of hydrogen-bond acceptors (Lipinski definition) is 3. The molecule has 1 aliphatic rings. The van der Waals surface area contributed by atoms with Crippen molar-refractivity contribution in [3.05, 3.63) is 87.3 Å². The lowest BCUT2D eigenvalue weighted by Crippen LogP contribution is -2.63. The zero-order chi connectivity index (χ0) is 23.4. The maximum atomic E-state index is 12.1. The molecule has 3 aromatic carbocycles. The second kappa shape index (κ2) is 7.49. The molecular weight excluding hydrogens is 418 g/mol. The maximum absolute atomic E-state index is 12.1. The zero-order valence-corrected chi connectivity index (χ0v) is 19.6. The van der Waals surface area contributed by atoms with Gasteiger partial charge in [-0.25, -0.2) is 9.59 Å². The van der Waals surface area contributed by atoms with Crippen LogP contribution in [0.15, 0.2) is 54.6 Å². The van der Waals surface area contributed by atoms with Gasteiger partial charge in [-0.2, -0.15) is 0 Å². The van der Waals surface area contributed by atoms with Crippen molar-refractivity contribution < 1.29 is 19.8 Å². The molecular formula is C26H25NO4Si. The molecule has 0 aromatic heterocycles. The summed E-state index contributed by atoms with van der Waals surface area (Å²) in [6.07, 6.45) is 0. The monoisotopic (exact) mass is 443 g/mol. The molecule has 3 aromatic rings.